The van der Waals surface area contributed by atoms with Gasteiger partial charge in [0.15, 0.2) is 0 Å². The summed E-state index contributed by atoms with van der Waals surface area (Å²) in [6, 6.07) is 32.8. The van der Waals surface area contributed by atoms with Gasteiger partial charge in [-0.3, -0.25) is 9.80 Å². The van der Waals surface area contributed by atoms with Crippen LogP contribution >= 0.6 is 0 Å². The van der Waals surface area contributed by atoms with Crippen LogP contribution in [-0.2, 0) is 19.5 Å². The van der Waals surface area contributed by atoms with Gasteiger partial charge in [0, 0.05) is 39.3 Å². The van der Waals surface area contributed by atoms with Gasteiger partial charge >= 0.3 is 0 Å². The van der Waals surface area contributed by atoms with Crippen molar-refractivity contribution >= 4 is 0 Å². The van der Waals surface area contributed by atoms with Crippen LogP contribution in [0.4, 0.5) is 0 Å². The number of hydrogen-bond acceptors (Lipinski definition) is 2. The van der Waals surface area contributed by atoms with E-state index in [1.807, 2.05) is 0 Å². The molecular formula is C26H30N2. The monoisotopic (exact) mass is 370 g/mol. The molecule has 0 aromatic heterocycles. The molecule has 1 heterocycles. The first kappa shape index (κ1) is 18.9. The minimum atomic E-state index is 0.650. The maximum Gasteiger partial charge on any atom is 0.0234 e. The van der Waals surface area contributed by atoms with Crippen molar-refractivity contribution in [1.29, 1.82) is 0 Å². The van der Waals surface area contributed by atoms with E-state index >= 15 is 0 Å². The lowest BCUT2D eigenvalue weighted by Gasteiger charge is -2.25. The van der Waals surface area contributed by atoms with Gasteiger partial charge in [0.05, 0.1) is 0 Å². The first-order valence-electron chi connectivity index (χ1n) is 10.4. The van der Waals surface area contributed by atoms with Gasteiger partial charge in [0.2, 0.25) is 0 Å². The highest BCUT2D eigenvalue weighted by Gasteiger charge is 2.23. The smallest absolute Gasteiger partial charge is 0.0234 e. The molecule has 0 bridgehead atoms. The lowest BCUT2D eigenvalue weighted by molar-refractivity contribution is 0.247. The van der Waals surface area contributed by atoms with Crippen molar-refractivity contribution in [2.45, 2.75) is 19.5 Å². The Morgan fingerprint density at radius 3 is 1.36 bits per heavy atom. The Bertz CT molecular complexity index is 765. The average Bonchev–Trinajstić information content (AvgIpc) is 2.92. The first-order valence-corrected chi connectivity index (χ1v) is 10.4. The number of nitrogens with zero attached hydrogens (tertiary/aromatic N) is 2. The van der Waals surface area contributed by atoms with E-state index in [0.717, 1.165) is 45.7 Å². The average molecular weight is 371 g/mol. The zero-order valence-corrected chi connectivity index (χ0v) is 16.6. The molecule has 0 saturated carbocycles. The van der Waals surface area contributed by atoms with Gasteiger partial charge in [-0.25, -0.2) is 0 Å². The summed E-state index contributed by atoms with van der Waals surface area (Å²) < 4.78 is 0. The molecule has 0 amide bonds. The fourth-order valence-electron chi connectivity index (χ4n) is 4.30. The Morgan fingerprint density at radius 2 is 0.929 bits per heavy atom. The van der Waals surface area contributed by atoms with Crippen molar-refractivity contribution in [2.75, 3.05) is 26.2 Å². The summed E-state index contributed by atoms with van der Waals surface area (Å²) in [4.78, 5) is 5.29. The molecule has 0 atom stereocenters. The molecule has 3 aromatic carbocycles. The van der Waals surface area contributed by atoms with Crippen LogP contribution in [0.2, 0.25) is 0 Å². The van der Waals surface area contributed by atoms with E-state index in [2.05, 4.69) is 101 Å². The molecule has 2 heteroatoms. The van der Waals surface area contributed by atoms with Crippen molar-refractivity contribution in [1.82, 2.24) is 9.80 Å². The van der Waals surface area contributed by atoms with Gasteiger partial charge in [0.25, 0.3) is 0 Å². The van der Waals surface area contributed by atoms with Gasteiger partial charge < -0.3 is 0 Å². The fraction of sp³-hybridized carbons (Fsp3) is 0.308. The summed E-state index contributed by atoms with van der Waals surface area (Å²) in [5, 5.41) is 0. The van der Waals surface area contributed by atoms with Gasteiger partial charge in [-0.05, 0) is 29.0 Å². The molecule has 1 aliphatic rings. The molecule has 0 aliphatic carbocycles. The van der Waals surface area contributed by atoms with E-state index in [1.54, 1.807) is 0 Å². The van der Waals surface area contributed by atoms with Gasteiger partial charge in [-0.15, -0.1) is 0 Å². The molecule has 1 saturated heterocycles. The molecule has 1 aliphatic heterocycles. The van der Waals surface area contributed by atoms with Crippen molar-refractivity contribution in [3.05, 3.63) is 108 Å². The third-order valence-electron chi connectivity index (χ3n) is 5.63. The van der Waals surface area contributed by atoms with Crippen LogP contribution in [-0.4, -0.2) is 36.0 Å². The SMILES string of the molecule is c1ccc(CC2CN(Cc3ccccc3)CCN(Cc3ccccc3)C2)cc1. The van der Waals surface area contributed by atoms with Crippen molar-refractivity contribution in [3.63, 3.8) is 0 Å². The summed E-state index contributed by atoms with van der Waals surface area (Å²) in [6.45, 7) is 6.68. The predicted molar refractivity (Wildman–Crippen MR) is 117 cm³/mol. The molecule has 28 heavy (non-hydrogen) atoms. The van der Waals surface area contributed by atoms with Gasteiger partial charge in [-0.1, -0.05) is 91.0 Å². The zero-order valence-electron chi connectivity index (χ0n) is 16.6. The van der Waals surface area contributed by atoms with Crippen LogP contribution in [0, 0.1) is 5.92 Å². The summed E-state index contributed by atoms with van der Waals surface area (Å²) >= 11 is 0. The maximum absolute atomic E-state index is 2.65. The van der Waals surface area contributed by atoms with Gasteiger partial charge in [0.1, 0.15) is 0 Å². The van der Waals surface area contributed by atoms with Crippen molar-refractivity contribution in [3.8, 4) is 0 Å². The van der Waals surface area contributed by atoms with Crippen molar-refractivity contribution in [2.24, 2.45) is 5.92 Å². The second-order valence-electron chi connectivity index (χ2n) is 8.00. The normalized spacial score (nSPS) is 16.7. The maximum atomic E-state index is 2.65. The molecule has 0 spiro atoms. The first-order chi connectivity index (χ1) is 13.8. The molecule has 0 N–H and O–H groups in total. The summed E-state index contributed by atoms with van der Waals surface area (Å²) in [6.07, 6.45) is 1.15. The Morgan fingerprint density at radius 1 is 0.536 bits per heavy atom. The second-order valence-corrected chi connectivity index (χ2v) is 8.00. The number of hydrogen-bond donors (Lipinski definition) is 0. The lowest BCUT2D eigenvalue weighted by atomic mass is 9.98. The van der Waals surface area contributed by atoms with Crippen LogP contribution in [0.1, 0.15) is 16.7 Å². The molecule has 2 nitrogen and oxygen atoms in total. The lowest BCUT2D eigenvalue weighted by Crippen LogP contribution is -2.30. The molecule has 0 unspecified atom stereocenters. The minimum Gasteiger partial charge on any atom is -0.297 e. The number of rotatable bonds is 6. The van der Waals surface area contributed by atoms with E-state index < -0.39 is 0 Å². The Labute approximate surface area is 169 Å². The van der Waals surface area contributed by atoms with Crippen LogP contribution < -0.4 is 0 Å². The van der Waals surface area contributed by atoms with E-state index in [4.69, 9.17) is 0 Å². The minimum absolute atomic E-state index is 0.650. The highest BCUT2D eigenvalue weighted by molar-refractivity contribution is 5.17. The zero-order chi connectivity index (χ0) is 19.0. The molecule has 4 rings (SSSR count). The van der Waals surface area contributed by atoms with E-state index in [-0.39, 0.29) is 0 Å². The van der Waals surface area contributed by atoms with Crippen LogP contribution in [0.15, 0.2) is 91.0 Å². The third kappa shape index (κ3) is 5.54. The highest BCUT2D eigenvalue weighted by atomic mass is 15.2. The summed E-state index contributed by atoms with van der Waals surface area (Å²) in [7, 11) is 0. The molecule has 3 aromatic rings. The molecule has 0 radical (unpaired) electrons. The van der Waals surface area contributed by atoms with Crippen LogP contribution in [0.3, 0.4) is 0 Å². The number of benzene rings is 3. The highest BCUT2D eigenvalue weighted by Crippen LogP contribution is 2.19. The predicted octanol–water partition coefficient (Wildman–Crippen LogP) is 4.86. The third-order valence-corrected chi connectivity index (χ3v) is 5.63. The molecule has 1 fully saturated rings. The van der Waals surface area contributed by atoms with Gasteiger partial charge in [-0.2, -0.15) is 0 Å². The topological polar surface area (TPSA) is 6.48 Å². The summed E-state index contributed by atoms with van der Waals surface area (Å²) in [5.74, 6) is 0.650. The van der Waals surface area contributed by atoms with E-state index in [9.17, 15) is 0 Å². The largest absolute Gasteiger partial charge is 0.297 e. The van der Waals surface area contributed by atoms with E-state index in [0.29, 0.717) is 5.92 Å². The Hall–Kier alpha value is -2.42. The van der Waals surface area contributed by atoms with Crippen molar-refractivity contribution < 1.29 is 0 Å². The van der Waals surface area contributed by atoms with E-state index in [1.165, 1.54) is 16.7 Å². The summed E-state index contributed by atoms with van der Waals surface area (Å²) in [5.41, 5.74) is 4.28. The fourth-order valence-corrected chi connectivity index (χ4v) is 4.30. The quantitative estimate of drug-likeness (QED) is 0.611. The Kier molecular flexibility index (Phi) is 6.54. The molecule has 144 valence electrons. The van der Waals surface area contributed by atoms with Crippen LogP contribution in [0.25, 0.3) is 0 Å². The second kappa shape index (κ2) is 9.68. The standard InChI is InChI=1S/C26H30N2/c1-4-10-23(11-5-1)18-26-21-27(19-24-12-6-2-7-13-24)16-17-28(22-26)20-25-14-8-3-9-15-25/h1-15,26H,16-22H2. The van der Waals surface area contributed by atoms with Crippen LogP contribution in [0.5, 0.6) is 0 Å². The molecular weight excluding hydrogens is 340 g/mol. The Balaban J connectivity index is 1.47.